The summed E-state index contributed by atoms with van der Waals surface area (Å²) in [6.07, 6.45) is 0. The number of nitrogens with zero attached hydrogens (tertiary/aromatic N) is 1. The monoisotopic (exact) mass is 350 g/mol. The van der Waals surface area contributed by atoms with E-state index in [-0.39, 0.29) is 18.3 Å². The zero-order valence-electron chi connectivity index (χ0n) is 13.9. The summed E-state index contributed by atoms with van der Waals surface area (Å²) < 4.78 is 10.5. The average molecular weight is 351 g/mol. The van der Waals surface area contributed by atoms with Crippen molar-refractivity contribution in [3.63, 3.8) is 0 Å². The van der Waals surface area contributed by atoms with Gasteiger partial charge in [-0.05, 0) is 17.7 Å². The lowest BCUT2D eigenvalue weighted by molar-refractivity contribution is 0.0747. The quantitative estimate of drug-likeness (QED) is 0.833. The Bertz CT molecular complexity index is 628. The van der Waals surface area contributed by atoms with Crippen molar-refractivity contribution in [1.29, 1.82) is 0 Å². The van der Waals surface area contributed by atoms with Crippen LogP contribution in [0.15, 0.2) is 48.5 Å². The molecule has 0 aromatic heterocycles. The van der Waals surface area contributed by atoms with E-state index < -0.39 is 0 Å². The van der Waals surface area contributed by atoms with Crippen LogP contribution in [0.5, 0.6) is 11.5 Å². The first kappa shape index (κ1) is 19.8. The second kappa shape index (κ2) is 9.80. The molecule has 0 saturated heterocycles. The van der Waals surface area contributed by atoms with E-state index in [1.165, 1.54) is 0 Å². The zero-order chi connectivity index (χ0) is 16.7. The number of carbonyl (C=O) groups is 1. The van der Waals surface area contributed by atoms with Crippen molar-refractivity contribution in [3.05, 3.63) is 59.7 Å². The van der Waals surface area contributed by atoms with Crippen LogP contribution >= 0.6 is 12.4 Å². The van der Waals surface area contributed by atoms with Crippen LogP contribution in [0.4, 0.5) is 0 Å². The lowest BCUT2D eigenvalue weighted by Gasteiger charge is -2.22. The van der Waals surface area contributed by atoms with Gasteiger partial charge in [-0.2, -0.15) is 0 Å². The van der Waals surface area contributed by atoms with Crippen LogP contribution in [0.3, 0.4) is 0 Å². The number of halogens is 1. The first-order valence-corrected chi connectivity index (χ1v) is 7.44. The maximum absolute atomic E-state index is 12.8. The van der Waals surface area contributed by atoms with Crippen molar-refractivity contribution in [3.8, 4) is 11.5 Å². The summed E-state index contributed by atoms with van der Waals surface area (Å²) in [5, 5.41) is 0. The Morgan fingerprint density at radius 1 is 1.04 bits per heavy atom. The molecule has 0 aliphatic rings. The Labute approximate surface area is 148 Å². The van der Waals surface area contributed by atoms with Gasteiger partial charge in [-0.15, -0.1) is 12.4 Å². The molecule has 1 amide bonds. The Morgan fingerprint density at radius 3 is 2.12 bits per heavy atom. The minimum absolute atomic E-state index is 0. The van der Waals surface area contributed by atoms with Crippen LogP contribution in [0.2, 0.25) is 0 Å². The number of methoxy groups -OCH3 is 2. The summed E-state index contributed by atoms with van der Waals surface area (Å²) in [6.45, 7) is 1.39. The molecule has 0 unspecified atom stereocenters. The molecule has 0 bridgehead atoms. The third-order valence-corrected chi connectivity index (χ3v) is 3.50. The molecule has 0 spiro atoms. The van der Waals surface area contributed by atoms with E-state index in [2.05, 4.69) is 0 Å². The minimum Gasteiger partial charge on any atom is -0.497 e. The Kier molecular flexibility index (Phi) is 8.09. The van der Waals surface area contributed by atoms with E-state index in [1.54, 1.807) is 37.3 Å². The molecular formula is C18H23ClN2O3. The molecule has 2 rings (SSSR count). The van der Waals surface area contributed by atoms with Gasteiger partial charge in [0.25, 0.3) is 5.91 Å². The first-order chi connectivity index (χ1) is 11.2. The first-order valence-electron chi connectivity index (χ1n) is 7.44. The van der Waals surface area contributed by atoms with Gasteiger partial charge in [0.15, 0.2) is 0 Å². The molecule has 130 valence electrons. The second-order valence-electron chi connectivity index (χ2n) is 5.10. The summed E-state index contributed by atoms with van der Waals surface area (Å²) in [5.41, 5.74) is 7.25. The summed E-state index contributed by atoms with van der Waals surface area (Å²) in [7, 11) is 3.12. The predicted molar refractivity (Wildman–Crippen MR) is 97.0 cm³/mol. The molecule has 24 heavy (non-hydrogen) atoms. The number of amides is 1. The highest BCUT2D eigenvalue weighted by atomic mass is 35.5. The van der Waals surface area contributed by atoms with Gasteiger partial charge >= 0.3 is 0 Å². The van der Waals surface area contributed by atoms with Crippen molar-refractivity contribution < 1.29 is 14.3 Å². The predicted octanol–water partition coefficient (Wildman–Crippen LogP) is 2.73. The average Bonchev–Trinajstić information content (AvgIpc) is 2.61. The SMILES string of the molecule is COc1cc(OC)cc(C(=O)N(CCN)Cc2ccccc2)c1.Cl. The van der Waals surface area contributed by atoms with Gasteiger partial charge in [0, 0.05) is 31.3 Å². The standard InChI is InChI=1S/C18H22N2O3.ClH/c1-22-16-10-15(11-17(12-16)23-2)18(21)20(9-8-19)13-14-6-4-3-5-7-14;/h3-7,10-12H,8-9,13,19H2,1-2H3;1H. The number of benzene rings is 2. The van der Waals surface area contributed by atoms with Crippen LogP contribution in [-0.2, 0) is 6.54 Å². The van der Waals surface area contributed by atoms with E-state index >= 15 is 0 Å². The number of carbonyl (C=O) groups excluding carboxylic acids is 1. The van der Waals surface area contributed by atoms with E-state index in [1.807, 2.05) is 30.3 Å². The van der Waals surface area contributed by atoms with Crippen molar-refractivity contribution >= 4 is 18.3 Å². The van der Waals surface area contributed by atoms with E-state index in [4.69, 9.17) is 15.2 Å². The number of rotatable bonds is 7. The summed E-state index contributed by atoms with van der Waals surface area (Å²) in [6, 6.07) is 15.0. The fraction of sp³-hybridized carbons (Fsp3) is 0.278. The summed E-state index contributed by atoms with van der Waals surface area (Å²) >= 11 is 0. The number of ether oxygens (including phenoxy) is 2. The molecule has 0 aliphatic heterocycles. The van der Waals surface area contributed by atoms with Crippen molar-refractivity contribution in [1.82, 2.24) is 4.90 Å². The van der Waals surface area contributed by atoms with E-state index in [0.29, 0.717) is 36.7 Å². The van der Waals surface area contributed by atoms with E-state index in [9.17, 15) is 4.79 Å². The molecule has 0 saturated carbocycles. The molecule has 2 N–H and O–H groups in total. The lowest BCUT2D eigenvalue weighted by Crippen LogP contribution is -2.34. The third kappa shape index (κ3) is 5.15. The van der Waals surface area contributed by atoms with Gasteiger partial charge < -0.3 is 20.1 Å². The maximum Gasteiger partial charge on any atom is 0.254 e. The van der Waals surface area contributed by atoms with Crippen LogP contribution in [0.1, 0.15) is 15.9 Å². The normalized spacial score (nSPS) is 9.79. The molecule has 6 heteroatoms. The number of hydrogen-bond acceptors (Lipinski definition) is 4. The number of hydrogen-bond donors (Lipinski definition) is 1. The molecule has 0 heterocycles. The van der Waals surface area contributed by atoms with Gasteiger partial charge in [-0.1, -0.05) is 30.3 Å². The minimum atomic E-state index is -0.100. The highest BCUT2D eigenvalue weighted by Crippen LogP contribution is 2.23. The van der Waals surface area contributed by atoms with Gasteiger partial charge in [0.05, 0.1) is 14.2 Å². The molecule has 2 aromatic carbocycles. The third-order valence-electron chi connectivity index (χ3n) is 3.50. The number of nitrogens with two attached hydrogens (primary N) is 1. The molecule has 0 aliphatic carbocycles. The maximum atomic E-state index is 12.8. The zero-order valence-corrected chi connectivity index (χ0v) is 14.7. The van der Waals surface area contributed by atoms with Crippen LogP contribution in [0.25, 0.3) is 0 Å². The highest BCUT2D eigenvalue weighted by molar-refractivity contribution is 5.95. The fourth-order valence-corrected chi connectivity index (χ4v) is 2.33. The Morgan fingerprint density at radius 2 is 1.62 bits per heavy atom. The van der Waals surface area contributed by atoms with Crippen LogP contribution < -0.4 is 15.2 Å². The lowest BCUT2D eigenvalue weighted by atomic mass is 10.1. The Balaban J connectivity index is 0.00000288. The smallest absolute Gasteiger partial charge is 0.254 e. The summed E-state index contributed by atoms with van der Waals surface area (Å²) in [5.74, 6) is 1.07. The van der Waals surface area contributed by atoms with Crippen molar-refractivity contribution in [2.24, 2.45) is 5.73 Å². The van der Waals surface area contributed by atoms with Gasteiger partial charge in [-0.3, -0.25) is 4.79 Å². The molecule has 2 aromatic rings. The highest BCUT2D eigenvalue weighted by Gasteiger charge is 2.17. The largest absolute Gasteiger partial charge is 0.497 e. The van der Waals surface area contributed by atoms with Crippen LogP contribution in [-0.4, -0.2) is 38.1 Å². The summed E-state index contributed by atoms with van der Waals surface area (Å²) in [4.78, 5) is 14.6. The van der Waals surface area contributed by atoms with E-state index in [0.717, 1.165) is 5.56 Å². The molecule has 0 atom stereocenters. The van der Waals surface area contributed by atoms with Gasteiger partial charge in [0.2, 0.25) is 0 Å². The topological polar surface area (TPSA) is 64.8 Å². The molecule has 5 nitrogen and oxygen atoms in total. The molecule has 0 fully saturated rings. The molecular weight excluding hydrogens is 328 g/mol. The second-order valence-corrected chi connectivity index (χ2v) is 5.10. The van der Waals surface area contributed by atoms with Crippen molar-refractivity contribution in [2.75, 3.05) is 27.3 Å². The van der Waals surface area contributed by atoms with Crippen molar-refractivity contribution in [2.45, 2.75) is 6.54 Å². The molecule has 0 radical (unpaired) electrons. The fourth-order valence-electron chi connectivity index (χ4n) is 2.33. The van der Waals surface area contributed by atoms with Gasteiger partial charge in [0.1, 0.15) is 11.5 Å². The van der Waals surface area contributed by atoms with Crippen LogP contribution in [0, 0.1) is 0 Å². The van der Waals surface area contributed by atoms with Gasteiger partial charge in [-0.25, -0.2) is 0 Å². The Hall–Kier alpha value is -2.24.